The molecule has 0 bridgehead atoms. The second kappa shape index (κ2) is 44.3. The summed E-state index contributed by atoms with van der Waals surface area (Å²) in [5, 5.41) is 4.32. The molecule has 0 atom stereocenters. The van der Waals surface area contributed by atoms with Crippen molar-refractivity contribution in [1.82, 2.24) is 5.32 Å². The molecule has 0 fully saturated rings. The van der Waals surface area contributed by atoms with Crippen LogP contribution < -0.4 is 5.32 Å². The Hall–Kier alpha value is -0.710. The van der Waals surface area contributed by atoms with Crippen molar-refractivity contribution in [3.05, 3.63) is 48.6 Å². The minimum absolute atomic E-state index is 0.684. The van der Waals surface area contributed by atoms with Crippen LogP contribution in [0.4, 0.5) is 0 Å². The van der Waals surface area contributed by atoms with Gasteiger partial charge in [-0.25, -0.2) is 0 Å². The molecule has 0 aromatic rings. The Morgan fingerprint density at radius 2 is 0.875 bits per heavy atom. The minimum Gasteiger partial charge on any atom is -0.317 e. The number of aldehydes is 1. The van der Waals surface area contributed by atoms with Crippen LogP contribution in [0, 0.1) is 0 Å². The fourth-order valence-corrected chi connectivity index (χ4v) is 8.64. The molecule has 1 N–H and O–H groups in total. The highest BCUT2D eigenvalue weighted by Gasteiger charge is 2.10. The van der Waals surface area contributed by atoms with Gasteiger partial charge in [-0.15, -0.1) is 0 Å². The van der Waals surface area contributed by atoms with E-state index in [9.17, 15) is 4.79 Å². The number of allylic oxidation sites excluding steroid dienone is 8. The van der Waals surface area contributed by atoms with E-state index in [0.717, 1.165) is 43.9 Å². The molecule has 0 radical (unpaired) electrons. The second-order valence-corrected chi connectivity index (χ2v) is 16.5. The van der Waals surface area contributed by atoms with E-state index in [1.165, 1.54) is 166 Å². The minimum atomic E-state index is 0.684. The summed E-state index contributed by atoms with van der Waals surface area (Å²) in [6, 6.07) is 0. The van der Waals surface area contributed by atoms with Gasteiger partial charge in [-0.1, -0.05) is 187 Å². The number of hydrogen-bond acceptors (Lipinski definition) is 4. The van der Waals surface area contributed by atoms with E-state index in [4.69, 9.17) is 0 Å². The third-order valence-electron chi connectivity index (χ3n) is 8.91. The topological polar surface area (TPSA) is 29.1 Å². The zero-order chi connectivity index (χ0) is 34.7. The highest BCUT2D eigenvalue weighted by atomic mass is 33.1. The molecule has 4 heteroatoms. The first kappa shape index (κ1) is 47.3. The summed E-state index contributed by atoms with van der Waals surface area (Å²) >= 11 is 0. The lowest BCUT2D eigenvalue weighted by molar-refractivity contribution is -0.107. The summed E-state index contributed by atoms with van der Waals surface area (Å²) in [4.78, 5) is 10.5. The molecule has 0 saturated carbocycles. The van der Waals surface area contributed by atoms with Crippen LogP contribution in [0.25, 0.3) is 0 Å². The molecule has 2 nitrogen and oxygen atoms in total. The largest absolute Gasteiger partial charge is 0.317 e. The van der Waals surface area contributed by atoms with Crippen LogP contribution in [0.2, 0.25) is 0 Å². The van der Waals surface area contributed by atoms with Crippen LogP contribution in [0.3, 0.4) is 0 Å². The Morgan fingerprint density at radius 3 is 1.33 bits per heavy atom. The van der Waals surface area contributed by atoms with Gasteiger partial charge < -0.3 is 10.1 Å². The van der Waals surface area contributed by atoms with Gasteiger partial charge in [-0.2, -0.15) is 0 Å². The maximum Gasteiger partial charge on any atom is 0.120 e. The monoisotopic (exact) mass is 704 g/mol. The summed E-state index contributed by atoms with van der Waals surface area (Å²) in [7, 11) is 4.30. The zero-order valence-electron chi connectivity index (χ0n) is 32.1. The standard InChI is InChI=1S/C44H81NOS2/c1-3-5-7-9-11-13-15-17-19-21-23-25-27-29-31-33-38-44(48-47-43-37-41-45-40-35-36-42-46)39-34-32-30-28-26-24-22-20-18-16-14-12-10-8-6-4-2/h9-12,15-18,42,44-45H,3-8,13-14,19-41,43H2,1-2H3/b11-9-,12-10-,17-15-,18-16-. The molecule has 0 unspecified atom stereocenters. The maximum absolute atomic E-state index is 10.5. The number of hydrogen-bond donors (Lipinski definition) is 1. The molecule has 0 saturated heterocycles. The van der Waals surface area contributed by atoms with Crippen LogP contribution in [-0.4, -0.2) is 30.4 Å². The van der Waals surface area contributed by atoms with E-state index < -0.39 is 0 Å². The Kier molecular flexibility index (Phi) is 43.7. The van der Waals surface area contributed by atoms with E-state index in [-0.39, 0.29) is 0 Å². The van der Waals surface area contributed by atoms with Gasteiger partial charge in [0.15, 0.2) is 0 Å². The first-order chi connectivity index (χ1) is 23.8. The Balaban J connectivity index is 3.97. The number of nitrogens with one attached hydrogen (secondary N) is 1. The van der Waals surface area contributed by atoms with Crippen molar-refractivity contribution >= 4 is 27.9 Å². The smallest absolute Gasteiger partial charge is 0.120 e. The number of rotatable bonds is 40. The lowest BCUT2D eigenvalue weighted by Crippen LogP contribution is -2.17. The molecule has 0 amide bonds. The van der Waals surface area contributed by atoms with Crippen molar-refractivity contribution in [2.24, 2.45) is 0 Å². The van der Waals surface area contributed by atoms with E-state index in [1.54, 1.807) is 0 Å². The molecule has 280 valence electrons. The maximum atomic E-state index is 10.5. The summed E-state index contributed by atoms with van der Waals surface area (Å²) in [5.41, 5.74) is 0. The second-order valence-electron chi connectivity index (χ2n) is 13.7. The molecule has 0 spiro atoms. The molecule has 0 rings (SSSR count). The van der Waals surface area contributed by atoms with E-state index in [1.807, 2.05) is 0 Å². The molecule has 0 heterocycles. The summed E-state index contributed by atoms with van der Waals surface area (Å²) in [5.74, 6) is 1.23. The number of carbonyl (C=O) groups is 1. The quantitative estimate of drug-likeness (QED) is 0.0298. The van der Waals surface area contributed by atoms with E-state index in [0.29, 0.717) is 6.42 Å². The SMILES string of the molecule is CCCC/C=C\C/C=C\CCCCCCCCCC(CCCCCCCCC/C=C\C/C=C\CCCC)SSCCCNCCCC=O. The van der Waals surface area contributed by atoms with Gasteiger partial charge in [-0.3, -0.25) is 0 Å². The van der Waals surface area contributed by atoms with Gasteiger partial charge in [0.1, 0.15) is 6.29 Å². The molecular formula is C44H81NOS2. The third-order valence-corrected chi connectivity index (χ3v) is 12.0. The van der Waals surface area contributed by atoms with Gasteiger partial charge in [0.2, 0.25) is 0 Å². The molecular weight excluding hydrogens is 623 g/mol. The molecule has 48 heavy (non-hydrogen) atoms. The van der Waals surface area contributed by atoms with Gasteiger partial charge in [-0.05, 0) is 90.1 Å². The van der Waals surface area contributed by atoms with Crippen molar-refractivity contribution in [1.29, 1.82) is 0 Å². The van der Waals surface area contributed by atoms with Crippen molar-refractivity contribution in [2.45, 2.75) is 205 Å². The van der Waals surface area contributed by atoms with Crippen molar-refractivity contribution < 1.29 is 4.79 Å². The van der Waals surface area contributed by atoms with E-state index >= 15 is 0 Å². The van der Waals surface area contributed by atoms with Crippen LogP contribution in [0.5, 0.6) is 0 Å². The molecule has 0 aromatic heterocycles. The first-order valence-corrected chi connectivity index (χ1v) is 23.3. The lowest BCUT2D eigenvalue weighted by atomic mass is 10.0. The van der Waals surface area contributed by atoms with Crippen LogP contribution in [-0.2, 0) is 4.79 Å². The lowest BCUT2D eigenvalue weighted by Gasteiger charge is -2.16. The highest BCUT2D eigenvalue weighted by molar-refractivity contribution is 8.76. The van der Waals surface area contributed by atoms with Gasteiger partial charge in [0.05, 0.1) is 0 Å². The van der Waals surface area contributed by atoms with Crippen molar-refractivity contribution in [3.63, 3.8) is 0 Å². The first-order valence-electron chi connectivity index (χ1n) is 20.9. The van der Waals surface area contributed by atoms with Crippen LogP contribution >= 0.6 is 21.6 Å². The van der Waals surface area contributed by atoms with Gasteiger partial charge in [0.25, 0.3) is 0 Å². The Labute approximate surface area is 309 Å². The average molecular weight is 704 g/mol. The van der Waals surface area contributed by atoms with Gasteiger partial charge >= 0.3 is 0 Å². The van der Waals surface area contributed by atoms with Crippen molar-refractivity contribution in [2.75, 3.05) is 18.8 Å². The predicted molar refractivity (Wildman–Crippen MR) is 225 cm³/mol. The number of unbranched alkanes of at least 4 members (excludes halogenated alkanes) is 19. The summed E-state index contributed by atoms with van der Waals surface area (Å²) in [6.45, 7) is 6.57. The highest BCUT2D eigenvalue weighted by Crippen LogP contribution is 2.34. The van der Waals surface area contributed by atoms with E-state index in [2.05, 4.69) is 89.4 Å². The fraction of sp³-hybridized carbons (Fsp3) is 0.795. The Bertz CT molecular complexity index is 683. The Morgan fingerprint density at radius 1 is 0.458 bits per heavy atom. The average Bonchev–Trinajstić information content (AvgIpc) is 3.10. The third kappa shape index (κ3) is 41.5. The molecule has 0 aliphatic carbocycles. The van der Waals surface area contributed by atoms with Crippen LogP contribution in [0.1, 0.15) is 200 Å². The number of carbonyl (C=O) groups excluding carboxylic acids is 1. The predicted octanol–water partition coefficient (Wildman–Crippen LogP) is 15.1. The van der Waals surface area contributed by atoms with Crippen molar-refractivity contribution in [3.8, 4) is 0 Å². The zero-order valence-corrected chi connectivity index (χ0v) is 33.8. The normalized spacial score (nSPS) is 12.3. The van der Waals surface area contributed by atoms with Crippen LogP contribution in [0.15, 0.2) is 48.6 Å². The molecule has 0 aliphatic heterocycles. The molecule has 0 aromatic carbocycles. The summed E-state index contributed by atoms with van der Waals surface area (Å²) < 4.78 is 0. The van der Waals surface area contributed by atoms with Gasteiger partial charge in [0, 0.05) is 17.4 Å². The fourth-order valence-electron chi connectivity index (χ4n) is 5.77. The molecule has 0 aliphatic rings. The summed E-state index contributed by atoms with van der Waals surface area (Å²) in [6.07, 6.45) is 57.6.